The average molecular weight is 462 g/mol. The minimum Gasteiger partial charge on any atom is -1.00 e. The number of aromatic nitrogens is 2. The minimum absolute atomic E-state index is 0. The molecule has 1 aliphatic heterocycles. The van der Waals surface area contributed by atoms with Gasteiger partial charge in [-0.15, -0.1) is 0 Å². The zero-order chi connectivity index (χ0) is 21.2. The topological polar surface area (TPSA) is 45.9 Å². The van der Waals surface area contributed by atoms with Crippen molar-refractivity contribution in [2.24, 2.45) is 5.41 Å². The third-order valence-electron chi connectivity index (χ3n) is 6.43. The molecule has 3 heterocycles. The molecule has 1 aliphatic carbocycles. The van der Waals surface area contributed by atoms with Crippen molar-refractivity contribution in [1.82, 2.24) is 4.98 Å². The van der Waals surface area contributed by atoms with Gasteiger partial charge in [0.05, 0.1) is 5.56 Å². The molecule has 2 aromatic heterocycles. The zero-order valence-electron chi connectivity index (χ0n) is 18.1. The zero-order valence-corrected chi connectivity index (χ0v) is 19.7. The maximum absolute atomic E-state index is 13.3. The van der Waals surface area contributed by atoms with E-state index in [2.05, 4.69) is 48.0 Å². The van der Waals surface area contributed by atoms with Gasteiger partial charge in [0.1, 0.15) is 15.8 Å². The largest absolute Gasteiger partial charge is 1.00 e. The Balaban J connectivity index is 0.00000216. The van der Waals surface area contributed by atoms with Gasteiger partial charge < -0.3 is 17.7 Å². The van der Waals surface area contributed by atoms with Gasteiger partial charge in [0.2, 0.25) is 5.69 Å². The van der Waals surface area contributed by atoms with Gasteiger partial charge >= 0.3 is 0 Å². The van der Waals surface area contributed by atoms with Crippen LogP contribution in [0.4, 0.5) is 10.8 Å². The number of pyridine rings is 1. The van der Waals surface area contributed by atoms with Crippen LogP contribution in [0, 0.1) is 5.41 Å². The highest BCUT2D eigenvalue weighted by Crippen LogP contribution is 2.43. The molecule has 0 saturated carbocycles. The number of fused-ring (bicyclic) bond motifs is 8. The fourth-order valence-electron chi connectivity index (χ4n) is 5.11. The highest BCUT2D eigenvalue weighted by atomic mass is 35.5. The van der Waals surface area contributed by atoms with Crippen LogP contribution >= 0.6 is 11.3 Å². The van der Waals surface area contributed by atoms with Crippen LogP contribution in [0.5, 0.6) is 0 Å². The van der Waals surface area contributed by atoms with Crippen molar-refractivity contribution in [2.75, 3.05) is 5.32 Å². The average Bonchev–Trinajstić information content (AvgIpc) is 3.16. The molecule has 1 N–H and O–H groups in total. The molecule has 6 heteroatoms. The number of thiazole rings is 1. The van der Waals surface area contributed by atoms with E-state index in [1.807, 2.05) is 30.3 Å². The minimum atomic E-state index is -0.0311. The van der Waals surface area contributed by atoms with Crippen molar-refractivity contribution in [3.8, 4) is 11.3 Å². The van der Waals surface area contributed by atoms with E-state index >= 15 is 0 Å². The van der Waals surface area contributed by atoms with E-state index in [1.54, 1.807) is 11.3 Å². The third kappa shape index (κ3) is 3.31. The number of aryl methyl sites for hydroxylation is 1. The Labute approximate surface area is 197 Å². The van der Waals surface area contributed by atoms with Crippen LogP contribution < -0.4 is 22.3 Å². The Morgan fingerprint density at radius 2 is 1.78 bits per heavy atom. The maximum Gasteiger partial charge on any atom is 0.232 e. The predicted octanol–water partition coefficient (Wildman–Crippen LogP) is 2.71. The standard InChI is InChI=1S/C26H23N3OS.ClH/c1-26(2)14-19-21(20(30)15-26)22-24(31-25(28-22)27-17-9-4-3-5-10-17)23-18-11-7-6-8-16(18)12-13-29(19)23;/h3-11H,12-15H2,1-2H3;1H. The Kier molecular flexibility index (Phi) is 5.06. The summed E-state index contributed by atoms with van der Waals surface area (Å²) in [5, 5.41) is 4.28. The second-order valence-electron chi connectivity index (χ2n) is 9.36. The number of benzene rings is 2. The van der Waals surface area contributed by atoms with Gasteiger partial charge in [-0.05, 0) is 29.2 Å². The van der Waals surface area contributed by atoms with Crippen LogP contribution in [-0.2, 0) is 19.4 Å². The van der Waals surface area contributed by atoms with E-state index in [9.17, 15) is 4.79 Å². The summed E-state index contributed by atoms with van der Waals surface area (Å²) in [6.45, 7) is 5.31. The summed E-state index contributed by atoms with van der Waals surface area (Å²) in [7, 11) is 0. The monoisotopic (exact) mass is 461 g/mol. The summed E-state index contributed by atoms with van der Waals surface area (Å²) in [6.07, 6.45) is 2.47. The van der Waals surface area contributed by atoms with E-state index < -0.39 is 0 Å². The van der Waals surface area contributed by atoms with Gasteiger partial charge in [0, 0.05) is 24.9 Å². The number of nitrogens with one attached hydrogen (secondary N) is 1. The second-order valence-corrected chi connectivity index (χ2v) is 10.4. The highest BCUT2D eigenvalue weighted by Gasteiger charge is 2.42. The number of carbonyl (C=O) groups excluding carboxylic acids is 1. The molecule has 32 heavy (non-hydrogen) atoms. The van der Waals surface area contributed by atoms with Gasteiger partial charge in [-0.3, -0.25) is 4.79 Å². The molecule has 0 spiro atoms. The summed E-state index contributed by atoms with van der Waals surface area (Å²) in [5.41, 5.74) is 7.70. The molecule has 0 bridgehead atoms. The molecule has 162 valence electrons. The first kappa shape index (κ1) is 21.1. The first-order chi connectivity index (χ1) is 15.0. The van der Waals surface area contributed by atoms with Crippen molar-refractivity contribution in [3.63, 3.8) is 0 Å². The lowest BCUT2D eigenvalue weighted by Gasteiger charge is -2.30. The Morgan fingerprint density at radius 1 is 1.03 bits per heavy atom. The molecular weight excluding hydrogens is 438 g/mol. The third-order valence-corrected chi connectivity index (χ3v) is 7.41. The molecular formula is C26H24ClN3OS. The van der Waals surface area contributed by atoms with Crippen LogP contribution in [0.25, 0.3) is 21.5 Å². The van der Waals surface area contributed by atoms with Crippen LogP contribution in [0.3, 0.4) is 0 Å². The smallest absolute Gasteiger partial charge is 0.232 e. The number of ketones is 1. The number of rotatable bonds is 2. The molecule has 0 unspecified atom stereocenters. The molecule has 0 saturated heterocycles. The van der Waals surface area contributed by atoms with Gasteiger partial charge in [-0.2, -0.15) is 4.57 Å². The van der Waals surface area contributed by atoms with E-state index in [-0.39, 0.29) is 23.6 Å². The molecule has 4 aromatic rings. The number of hydrogen-bond donors (Lipinski definition) is 1. The molecule has 0 radical (unpaired) electrons. The molecule has 2 aromatic carbocycles. The fourth-order valence-corrected chi connectivity index (χ4v) is 6.17. The SMILES string of the molecule is CC1(C)CC(=O)c2c([n+]3c(c4sc(Nc5ccccc5)nc24)-c2ccccc2CC3)C1.[Cl-]. The van der Waals surface area contributed by atoms with E-state index in [4.69, 9.17) is 4.98 Å². The number of nitrogens with zero attached hydrogens (tertiary/aromatic N) is 2. The molecule has 6 rings (SSSR count). The van der Waals surface area contributed by atoms with Gasteiger partial charge in [0.25, 0.3) is 0 Å². The Morgan fingerprint density at radius 3 is 2.59 bits per heavy atom. The normalized spacial score (nSPS) is 16.0. The number of halogens is 1. The van der Waals surface area contributed by atoms with Crippen molar-refractivity contribution >= 4 is 38.2 Å². The van der Waals surface area contributed by atoms with Crippen molar-refractivity contribution in [1.29, 1.82) is 0 Å². The predicted molar refractivity (Wildman–Crippen MR) is 125 cm³/mol. The summed E-state index contributed by atoms with van der Waals surface area (Å²) < 4.78 is 3.53. The van der Waals surface area contributed by atoms with Crippen molar-refractivity contribution in [3.05, 3.63) is 71.4 Å². The summed E-state index contributed by atoms with van der Waals surface area (Å²) in [5.74, 6) is 0.224. The first-order valence-corrected chi connectivity index (χ1v) is 11.6. The summed E-state index contributed by atoms with van der Waals surface area (Å²) in [6, 6.07) is 18.8. The summed E-state index contributed by atoms with van der Waals surface area (Å²) >= 11 is 1.65. The lowest BCUT2D eigenvalue weighted by molar-refractivity contribution is -0.694. The van der Waals surface area contributed by atoms with E-state index in [0.29, 0.717) is 6.42 Å². The highest BCUT2D eigenvalue weighted by molar-refractivity contribution is 7.22. The van der Waals surface area contributed by atoms with Gasteiger partial charge in [0.15, 0.2) is 23.2 Å². The Hall–Kier alpha value is -2.76. The molecule has 0 amide bonds. The maximum atomic E-state index is 13.3. The molecule has 2 aliphatic rings. The number of para-hydroxylation sites is 1. The second kappa shape index (κ2) is 7.68. The van der Waals surface area contributed by atoms with E-state index in [1.165, 1.54) is 16.8 Å². The number of Topliss-reactive ketones (excluding diaryl/α,β-unsaturated/α-hetero) is 1. The number of anilines is 2. The lowest BCUT2D eigenvalue weighted by atomic mass is 9.74. The van der Waals surface area contributed by atoms with Crippen molar-refractivity contribution < 1.29 is 21.8 Å². The van der Waals surface area contributed by atoms with Crippen LogP contribution in [-0.4, -0.2) is 10.8 Å². The van der Waals surface area contributed by atoms with Crippen LogP contribution in [0.1, 0.15) is 41.9 Å². The molecule has 0 atom stereocenters. The fraction of sp³-hybridized carbons (Fsp3) is 0.269. The van der Waals surface area contributed by atoms with Crippen molar-refractivity contribution in [2.45, 2.75) is 39.7 Å². The van der Waals surface area contributed by atoms with Gasteiger partial charge in [-0.1, -0.05) is 61.6 Å². The van der Waals surface area contributed by atoms with Crippen LogP contribution in [0.15, 0.2) is 54.6 Å². The number of hydrogen-bond acceptors (Lipinski definition) is 4. The lowest BCUT2D eigenvalue weighted by Crippen LogP contribution is -3.00. The summed E-state index contributed by atoms with van der Waals surface area (Å²) in [4.78, 5) is 18.3. The first-order valence-electron chi connectivity index (χ1n) is 10.8. The van der Waals surface area contributed by atoms with E-state index in [0.717, 1.165) is 51.7 Å². The number of carbonyl (C=O) groups is 1. The Bertz CT molecular complexity index is 1360. The van der Waals surface area contributed by atoms with Crippen LogP contribution in [0.2, 0.25) is 0 Å². The quantitative estimate of drug-likeness (QED) is 0.467. The van der Waals surface area contributed by atoms with Gasteiger partial charge in [-0.25, -0.2) is 4.98 Å². The molecule has 4 nitrogen and oxygen atoms in total. The molecule has 0 fully saturated rings.